The van der Waals surface area contributed by atoms with E-state index in [1.807, 2.05) is 30.3 Å². The number of carbonyl (C=O) groups excluding carboxylic acids is 1. The number of halogens is 2. The van der Waals surface area contributed by atoms with Gasteiger partial charge in [0.15, 0.2) is 0 Å². The number of benzene rings is 1. The van der Waals surface area contributed by atoms with Crippen molar-refractivity contribution in [3.8, 4) is 0 Å². The highest BCUT2D eigenvalue weighted by Gasteiger charge is 2.22. The molecule has 1 unspecified atom stereocenters. The van der Waals surface area contributed by atoms with E-state index in [4.69, 9.17) is 0 Å². The third kappa shape index (κ3) is 3.60. The molecule has 1 fully saturated rings. The van der Waals surface area contributed by atoms with Crippen molar-refractivity contribution >= 4 is 47.3 Å². The lowest BCUT2D eigenvalue weighted by Gasteiger charge is -2.10. The molecule has 2 N–H and O–H groups in total. The number of nitrogens with one attached hydrogen (secondary N) is 2. The number of anilines is 1. The number of carbonyl (C=O) groups is 1. The Morgan fingerprint density at radius 1 is 1.30 bits per heavy atom. The molecule has 0 aliphatic carbocycles. The first kappa shape index (κ1) is 16.7. The van der Waals surface area contributed by atoms with Gasteiger partial charge in [0.1, 0.15) is 0 Å². The lowest BCUT2D eigenvalue weighted by atomic mass is 10.1. The zero-order valence-corrected chi connectivity index (χ0v) is 12.5. The smallest absolute Gasteiger partial charge is 0.228 e. The Balaban J connectivity index is 0.000001000. The second-order valence-corrected chi connectivity index (χ2v) is 4.59. The van der Waals surface area contributed by atoms with Gasteiger partial charge in [0.2, 0.25) is 5.91 Å². The van der Waals surface area contributed by atoms with E-state index >= 15 is 0 Å². The first-order chi connectivity index (χ1) is 8.83. The highest BCUT2D eigenvalue weighted by Crippen LogP contribution is 2.18. The van der Waals surface area contributed by atoms with Crippen molar-refractivity contribution in [1.29, 1.82) is 0 Å². The van der Waals surface area contributed by atoms with Gasteiger partial charge in [-0.2, -0.15) is 0 Å². The van der Waals surface area contributed by atoms with E-state index in [1.54, 1.807) is 6.20 Å². The number of aromatic nitrogens is 1. The van der Waals surface area contributed by atoms with Crippen LogP contribution in [0.2, 0.25) is 0 Å². The van der Waals surface area contributed by atoms with Gasteiger partial charge in [0.05, 0.1) is 11.4 Å². The summed E-state index contributed by atoms with van der Waals surface area (Å²) < 4.78 is 0. The van der Waals surface area contributed by atoms with E-state index < -0.39 is 0 Å². The fourth-order valence-corrected chi connectivity index (χ4v) is 2.28. The summed E-state index contributed by atoms with van der Waals surface area (Å²) in [5.41, 5.74) is 1.78. The summed E-state index contributed by atoms with van der Waals surface area (Å²) in [6, 6.07) is 9.68. The van der Waals surface area contributed by atoms with Gasteiger partial charge in [-0.05, 0) is 37.2 Å². The molecule has 1 saturated heterocycles. The molecule has 1 amide bonds. The highest BCUT2D eigenvalue weighted by molar-refractivity contribution is 5.95. The number of fused-ring (bicyclic) bond motifs is 1. The Bertz CT molecular complexity index is 585. The zero-order valence-electron chi connectivity index (χ0n) is 10.8. The van der Waals surface area contributed by atoms with Crippen LogP contribution in [0.3, 0.4) is 0 Å². The Labute approximate surface area is 130 Å². The van der Waals surface area contributed by atoms with Gasteiger partial charge >= 0.3 is 0 Å². The predicted octanol–water partition coefficient (Wildman–Crippen LogP) is 2.63. The lowest BCUT2D eigenvalue weighted by molar-refractivity contribution is -0.119. The fraction of sp³-hybridized carbons (Fsp3) is 0.286. The average Bonchev–Trinajstić information content (AvgIpc) is 2.92. The van der Waals surface area contributed by atoms with Gasteiger partial charge in [-0.1, -0.05) is 6.07 Å². The average molecular weight is 314 g/mol. The van der Waals surface area contributed by atoms with Crippen molar-refractivity contribution in [2.45, 2.75) is 6.42 Å². The van der Waals surface area contributed by atoms with Crippen LogP contribution < -0.4 is 10.6 Å². The largest absolute Gasteiger partial charge is 0.326 e. The van der Waals surface area contributed by atoms with Crippen molar-refractivity contribution in [3.63, 3.8) is 0 Å². The first-order valence-electron chi connectivity index (χ1n) is 6.19. The van der Waals surface area contributed by atoms with Crippen LogP contribution in [-0.4, -0.2) is 24.0 Å². The lowest BCUT2D eigenvalue weighted by Crippen LogP contribution is -2.24. The molecule has 2 heterocycles. The van der Waals surface area contributed by atoms with Crippen molar-refractivity contribution < 1.29 is 4.79 Å². The van der Waals surface area contributed by atoms with Crippen LogP contribution in [0.25, 0.3) is 10.9 Å². The van der Waals surface area contributed by atoms with Gasteiger partial charge in [0.25, 0.3) is 0 Å². The molecule has 1 aromatic carbocycles. The van der Waals surface area contributed by atoms with E-state index in [9.17, 15) is 4.79 Å². The molecule has 0 bridgehead atoms. The summed E-state index contributed by atoms with van der Waals surface area (Å²) >= 11 is 0. The monoisotopic (exact) mass is 313 g/mol. The Morgan fingerprint density at radius 2 is 2.15 bits per heavy atom. The van der Waals surface area contributed by atoms with Gasteiger partial charge in [-0.25, -0.2) is 0 Å². The third-order valence-electron chi connectivity index (χ3n) is 3.30. The van der Waals surface area contributed by atoms with Gasteiger partial charge in [-0.15, -0.1) is 24.8 Å². The predicted molar refractivity (Wildman–Crippen MR) is 85.8 cm³/mol. The Morgan fingerprint density at radius 3 is 2.90 bits per heavy atom. The summed E-state index contributed by atoms with van der Waals surface area (Å²) in [5.74, 6) is 0.192. The fourth-order valence-electron chi connectivity index (χ4n) is 2.28. The standard InChI is InChI=1S/C14H15N3O.2ClH/c18-14(11-5-7-15-9-11)17-12-3-4-13-10(8-12)2-1-6-16-13;;/h1-4,6,8,11,15H,5,7,9H2,(H,17,18);2*1H. The van der Waals surface area contributed by atoms with E-state index in [0.29, 0.717) is 0 Å². The quantitative estimate of drug-likeness (QED) is 0.896. The van der Waals surface area contributed by atoms with Crippen molar-refractivity contribution in [2.24, 2.45) is 5.92 Å². The molecule has 6 heteroatoms. The molecule has 0 saturated carbocycles. The molecule has 0 radical (unpaired) electrons. The maximum Gasteiger partial charge on any atom is 0.228 e. The molecular weight excluding hydrogens is 297 g/mol. The van der Waals surface area contributed by atoms with E-state index in [-0.39, 0.29) is 36.6 Å². The van der Waals surface area contributed by atoms with E-state index in [2.05, 4.69) is 15.6 Å². The molecule has 3 rings (SSSR count). The minimum Gasteiger partial charge on any atom is -0.326 e. The van der Waals surface area contributed by atoms with Crippen LogP contribution in [0.1, 0.15) is 6.42 Å². The van der Waals surface area contributed by atoms with Crippen LogP contribution in [0.5, 0.6) is 0 Å². The highest BCUT2D eigenvalue weighted by atomic mass is 35.5. The van der Waals surface area contributed by atoms with Crippen LogP contribution in [0.4, 0.5) is 5.69 Å². The normalized spacial score (nSPS) is 17.1. The van der Waals surface area contributed by atoms with E-state index in [0.717, 1.165) is 36.1 Å². The Hall–Kier alpha value is -1.36. The van der Waals surface area contributed by atoms with Gasteiger partial charge in [0, 0.05) is 23.8 Å². The molecule has 1 aliphatic rings. The van der Waals surface area contributed by atoms with Crippen LogP contribution in [0, 0.1) is 5.92 Å². The molecule has 4 nitrogen and oxygen atoms in total. The molecule has 2 aromatic rings. The first-order valence-corrected chi connectivity index (χ1v) is 6.19. The minimum atomic E-state index is 0. The second kappa shape index (κ2) is 7.43. The van der Waals surface area contributed by atoms with Crippen LogP contribution in [-0.2, 0) is 4.79 Å². The Kier molecular flexibility index (Phi) is 6.20. The molecule has 1 aliphatic heterocycles. The van der Waals surface area contributed by atoms with E-state index in [1.165, 1.54) is 0 Å². The van der Waals surface area contributed by atoms with Crippen molar-refractivity contribution in [3.05, 3.63) is 36.5 Å². The SMILES string of the molecule is Cl.Cl.O=C(Nc1ccc2ncccc2c1)C1CCNC1. The van der Waals surface area contributed by atoms with Gasteiger partial charge < -0.3 is 10.6 Å². The zero-order chi connectivity index (χ0) is 12.4. The van der Waals surface area contributed by atoms with Crippen molar-refractivity contribution in [1.82, 2.24) is 10.3 Å². The maximum absolute atomic E-state index is 12.0. The number of hydrogen-bond acceptors (Lipinski definition) is 3. The molecule has 0 spiro atoms. The molecule has 1 aromatic heterocycles. The summed E-state index contributed by atoms with van der Waals surface area (Å²) in [6.07, 6.45) is 2.69. The topological polar surface area (TPSA) is 54.0 Å². The molecular formula is C14H17Cl2N3O. The number of nitrogens with zero attached hydrogens (tertiary/aromatic N) is 1. The minimum absolute atomic E-state index is 0. The number of rotatable bonds is 2. The molecule has 108 valence electrons. The maximum atomic E-state index is 12.0. The summed E-state index contributed by atoms with van der Waals surface area (Å²) in [6.45, 7) is 1.71. The van der Waals surface area contributed by atoms with Gasteiger partial charge in [-0.3, -0.25) is 9.78 Å². The number of amides is 1. The van der Waals surface area contributed by atoms with Crippen LogP contribution >= 0.6 is 24.8 Å². The second-order valence-electron chi connectivity index (χ2n) is 4.59. The molecule has 1 atom stereocenters. The molecule has 20 heavy (non-hydrogen) atoms. The number of pyridine rings is 1. The summed E-state index contributed by atoms with van der Waals surface area (Å²) in [5, 5.41) is 7.21. The summed E-state index contributed by atoms with van der Waals surface area (Å²) in [4.78, 5) is 16.2. The summed E-state index contributed by atoms with van der Waals surface area (Å²) in [7, 11) is 0. The third-order valence-corrected chi connectivity index (χ3v) is 3.30. The van der Waals surface area contributed by atoms with Crippen LogP contribution in [0.15, 0.2) is 36.5 Å². The number of hydrogen-bond donors (Lipinski definition) is 2. The van der Waals surface area contributed by atoms with Crippen molar-refractivity contribution in [2.75, 3.05) is 18.4 Å².